The Labute approximate surface area is 220 Å². The maximum Gasteiger partial charge on any atom is 2.00 e. The molecule has 0 unspecified atom stereocenters. The molecule has 27 heavy (non-hydrogen) atoms. The van der Waals surface area contributed by atoms with E-state index in [0.29, 0.717) is 0 Å². The first-order chi connectivity index (χ1) is 9.20. The maximum atomic E-state index is 10.6. The average Bonchev–Trinajstić information content (AvgIpc) is 2.22. The fraction of sp³-hybridized carbons (Fsp3) is 0.600. The van der Waals surface area contributed by atoms with E-state index in [0.717, 1.165) is 9.80 Å². The molecule has 0 heterocycles. The van der Waals surface area contributed by atoms with Gasteiger partial charge >= 0.3 is 106 Å². The molecule has 0 aliphatic carbocycles. The van der Waals surface area contributed by atoms with E-state index in [1.165, 1.54) is 0 Å². The van der Waals surface area contributed by atoms with Crippen molar-refractivity contribution in [2.45, 2.75) is 0 Å². The third kappa shape index (κ3) is 34.3. The second kappa shape index (κ2) is 28.6. The van der Waals surface area contributed by atoms with Gasteiger partial charge in [-0.25, -0.2) is 0 Å². The van der Waals surface area contributed by atoms with E-state index in [1.54, 1.807) is 0 Å². The van der Waals surface area contributed by atoms with Crippen LogP contribution in [0.15, 0.2) is 0 Å². The Hall–Kier alpha value is 0.406. The van der Waals surface area contributed by atoms with E-state index in [9.17, 15) is 19.2 Å². The van der Waals surface area contributed by atoms with E-state index < -0.39 is 50.1 Å². The molecule has 0 aliphatic heterocycles. The smallest absolute Gasteiger partial charge is 1.00 e. The molecule has 0 saturated carbocycles. The van der Waals surface area contributed by atoms with Crippen LogP contribution in [0.3, 0.4) is 0 Å². The normalized spacial score (nSPS) is 7.93. The van der Waals surface area contributed by atoms with Crippen LogP contribution < -0.4 is 59.1 Å². The van der Waals surface area contributed by atoms with Crippen molar-refractivity contribution < 1.29 is 126 Å². The summed E-state index contributed by atoms with van der Waals surface area (Å²) >= 11 is 0. The molecule has 0 saturated heterocycles. The minimum absolute atomic E-state index is 0. The molecule has 0 amide bonds. The number of hydrogen-bond donors (Lipinski definition) is 4. The van der Waals surface area contributed by atoms with Gasteiger partial charge in [-0.1, -0.05) is 0 Å². The molecule has 0 aromatic rings. The molecule has 0 radical (unpaired) electrons. The SMILES string of the molecule is O.O.O.O.O=C(O)CN(CCN(CC(=O)O)CC(=O)O)CC(=O)O.[H-].[H-].[H-].[H-].[Mg+2].[Na+].[Na+]. The molecule has 0 aliphatic rings. The Morgan fingerprint density at radius 1 is 0.556 bits per heavy atom. The van der Waals surface area contributed by atoms with Gasteiger partial charge in [0.15, 0.2) is 0 Å². The quantitative estimate of drug-likeness (QED) is 0.221. The molecule has 0 rings (SSSR count). The van der Waals surface area contributed by atoms with Gasteiger partial charge in [-0.15, -0.1) is 0 Å². The van der Waals surface area contributed by atoms with Crippen LogP contribution >= 0.6 is 0 Å². The van der Waals surface area contributed by atoms with Gasteiger partial charge in [0.1, 0.15) is 0 Å². The van der Waals surface area contributed by atoms with Crippen LogP contribution in [0.5, 0.6) is 0 Å². The minimum atomic E-state index is -1.23. The van der Waals surface area contributed by atoms with Gasteiger partial charge in [0.05, 0.1) is 26.2 Å². The van der Waals surface area contributed by atoms with Crippen LogP contribution in [0.25, 0.3) is 0 Å². The van der Waals surface area contributed by atoms with E-state index in [4.69, 9.17) is 20.4 Å². The first-order valence-corrected chi connectivity index (χ1v) is 5.52. The van der Waals surface area contributed by atoms with Crippen molar-refractivity contribution in [1.82, 2.24) is 9.80 Å². The minimum Gasteiger partial charge on any atom is -1.00 e. The van der Waals surface area contributed by atoms with E-state index in [1.807, 2.05) is 0 Å². The number of carbonyl (C=O) groups is 4. The summed E-state index contributed by atoms with van der Waals surface area (Å²) in [5.41, 5.74) is 0. The largest absolute Gasteiger partial charge is 2.00 e. The second-order valence-electron chi connectivity index (χ2n) is 4.00. The van der Waals surface area contributed by atoms with Gasteiger partial charge in [0, 0.05) is 13.1 Å². The zero-order chi connectivity index (χ0) is 15.7. The van der Waals surface area contributed by atoms with Crippen molar-refractivity contribution in [3.05, 3.63) is 0 Å². The molecule has 0 bridgehead atoms. The molecule has 14 nitrogen and oxygen atoms in total. The molecule has 12 N–H and O–H groups in total. The van der Waals surface area contributed by atoms with Gasteiger partial charge in [0.25, 0.3) is 0 Å². The monoisotopic (exact) mass is 438 g/mol. The zero-order valence-electron chi connectivity index (χ0n) is 19.3. The standard InChI is InChI=1S/C10H16N2O8.Mg.2Na.4H2O.4H/c13-7(14)3-11(4-8(15)16)1-2-12(5-9(17)18)6-10(19)20;;;;;;;;;;;/h1-6H2,(H,13,14)(H,15,16)(H,17,18)(H,19,20);;;;4*1H2;;;;/q;+2;2*+1;;;;;4*-1. The number of aliphatic carboxylic acids is 4. The summed E-state index contributed by atoms with van der Waals surface area (Å²) < 4.78 is 0. The summed E-state index contributed by atoms with van der Waals surface area (Å²) in [5, 5.41) is 34.5. The number of nitrogens with zero attached hydrogens (tertiary/aromatic N) is 2. The number of hydrogen-bond acceptors (Lipinski definition) is 6. The molecule has 0 aromatic heterocycles. The Kier molecular flexibility index (Phi) is 53.8. The van der Waals surface area contributed by atoms with Gasteiger partial charge in [-0.2, -0.15) is 0 Å². The van der Waals surface area contributed by atoms with Crippen LogP contribution in [0.4, 0.5) is 0 Å². The predicted octanol–water partition coefficient (Wildman–Crippen LogP) is -11.3. The molecule has 0 aromatic carbocycles. The van der Waals surface area contributed by atoms with Gasteiger partial charge in [0.2, 0.25) is 0 Å². The van der Waals surface area contributed by atoms with Crippen LogP contribution in [-0.2, 0) is 19.2 Å². The van der Waals surface area contributed by atoms with E-state index in [2.05, 4.69) is 0 Å². The van der Waals surface area contributed by atoms with Gasteiger partial charge < -0.3 is 48.0 Å². The number of rotatable bonds is 11. The summed E-state index contributed by atoms with van der Waals surface area (Å²) in [7, 11) is 0. The first-order valence-electron chi connectivity index (χ1n) is 5.52. The Balaban J connectivity index is -0.0000000328. The van der Waals surface area contributed by atoms with Crippen molar-refractivity contribution in [3.63, 3.8) is 0 Å². The van der Waals surface area contributed by atoms with Crippen molar-refractivity contribution >= 4 is 46.9 Å². The van der Waals surface area contributed by atoms with Crippen molar-refractivity contribution in [2.75, 3.05) is 39.3 Å². The van der Waals surface area contributed by atoms with E-state index >= 15 is 0 Å². The van der Waals surface area contributed by atoms with Gasteiger partial charge in [-0.05, 0) is 0 Å². The number of carboxylic acids is 4. The molecule has 0 spiro atoms. The summed E-state index contributed by atoms with van der Waals surface area (Å²) in [6, 6.07) is 0. The van der Waals surface area contributed by atoms with Gasteiger partial charge in [-0.3, -0.25) is 29.0 Å². The summed E-state index contributed by atoms with van der Waals surface area (Å²) in [4.78, 5) is 44.4. The molecule has 154 valence electrons. The third-order valence-electron chi connectivity index (χ3n) is 2.17. The zero-order valence-corrected chi connectivity index (χ0v) is 20.7. The fourth-order valence-electron chi connectivity index (χ4n) is 1.48. The Morgan fingerprint density at radius 2 is 0.704 bits per heavy atom. The third-order valence-corrected chi connectivity index (χ3v) is 2.17. The predicted molar refractivity (Wildman–Crippen MR) is 88.1 cm³/mol. The number of carboxylic acid groups (broad SMARTS) is 4. The van der Waals surface area contributed by atoms with Crippen LogP contribution in [0.2, 0.25) is 0 Å². The van der Waals surface area contributed by atoms with Crippen molar-refractivity contribution in [2.24, 2.45) is 0 Å². The summed E-state index contributed by atoms with van der Waals surface area (Å²) in [6.45, 7) is -2.25. The Morgan fingerprint density at radius 3 is 0.815 bits per heavy atom. The van der Waals surface area contributed by atoms with Crippen LogP contribution in [0, 0.1) is 0 Å². The average molecular weight is 439 g/mol. The fourth-order valence-corrected chi connectivity index (χ4v) is 1.48. The molecular formula is C10H28MgN2Na2O12. The Bertz CT molecular complexity index is 354. The molecular weight excluding hydrogens is 410 g/mol. The van der Waals surface area contributed by atoms with E-state index in [-0.39, 0.29) is 123 Å². The molecule has 0 fully saturated rings. The maximum absolute atomic E-state index is 10.6. The van der Waals surface area contributed by atoms with Crippen LogP contribution in [-0.4, -0.2) is 138 Å². The van der Waals surface area contributed by atoms with Crippen molar-refractivity contribution in [3.8, 4) is 0 Å². The van der Waals surface area contributed by atoms with Crippen molar-refractivity contribution in [1.29, 1.82) is 0 Å². The molecule has 17 heteroatoms. The van der Waals surface area contributed by atoms with Crippen LogP contribution in [0.1, 0.15) is 5.71 Å². The summed E-state index contributed by atoms with van der Waals surface area (Å²) in [5.74, 6) is -4.91. The first kappa shape index (κ1) is 50.7. The second-order valence-corrected chi connectivity index (χ2v) is 4.00. The summed E-state index contributed by atoms with van der Waals surface area (Å²) in [6.07, 6.45) is 0. The topological polar surface area (TPSA) is 282 Å². The molecule has 0 atom stereocenters.